The number of phenols is 1. The van der Waals surface area contributed by atoms with Crippen molar-refractivity contribution < 1.29 is 14.6 Å². The summed E-state index contributed by atoms with van der Waals surface area (Å²) in [5.41, 5.74) is 3.74. The van der Waals surface area contributed by atoms with Crippen LogP contribution < -0.4 is 10.2 Å². The van der Waals surface area contributed by atoms with Crippen LogP contribution >= 0.6 is 0 Å². The first-order valence-corrected chi connectivity index (χ1v) is 7.04. The third-order valence-electron chi connectivity index (χ3n) is 2.86. The minimum atomic E-state index is -0.294. The van der Waals surface area contributed by atoms with Gasteiger partial charge in [-0.05, 0) is 60.5 Å². The molecule has 0 bridgehead atoms. The number of ether oxygens (including phenoxy) is 1. The second kappa shape index (κ2) is 7.83. The SMILES string of the molecule is CCCOc1ccc(C(=O)N/N=C/c2ccc(O)cc2)cc1. The van der Waals surface area contributed by atoms with Crippen molar-refractivity contribution in [1.29, 1.82) is 0 Å². The molecule has 0 fully saturated rings. The number of amides is 1. The Morgan fingerprint density at radius 3 is 2.50 bits per heavy atom. The number of benzene rings is 2. The largest absolute Gasteiger partial charge is 0.508 e. The van der Waals surface area contributed by atoms with Gasteiger partial charge in [-0.3, -0.25) is 4.79 Å². The monoisotopic (exact) mass is 298 g/mol. The van der Waals surface area contributed by atoms with Crippen LogP contribution in [0.1, 0.15) is 29.3 Å². The van der Waals surface area contributed by atoms with Gasteiger partial charge in [0.1, 0.15) is 11.5 Å². The van der Waals surface area contributed by atoms with E-state index in [0.29, 0.717) is 12.2 Å². The Kier molecular flexibility index (Phi) is 5.54. The zero-order valence-electron chi connectivity index (χ0n) is 12.3. The Morgan fingerprint density at radius 2 is 1.86 bits per heavy atom. The van der Waals surface area contributed by atoms with Crippen LogP contribution in [0, 0.1) is 0 Å². The molecule has 0 spiro atoms. The summed E-state index contributed by atoms with van der Waals surface area (Å²) in [5, 5.41) is 13.1. The first-order valence-electron chi connectivity index (χ1n) is 7.04. The maximum Gasteiger partial charge on any atom is 0.271 e. The van der Waals surface area contributed by atoms with Crippen molar-refractivity contribution in [3.05, 3.63) is 59.7 Å². The van der Waals surface area contributed by atoms with Crippen molar-refractivity contribution in [2.24, 2.45) is 5.10 Å². The smallest absolute Gasteiger partial charge is 0.271 e. The van der Waals surface area contributed by atoms with E-state index in [2.05, 4.69) is 10.5 Å². The lowest BCUT2D eigenvalue weighted by Crippen LogP contribution is -2.17. The molecule has 0 aliphatic carbocycles. The average molecular weight is 298 g/mol. The van der Waals surface area contributed by atoms with Gasteiger partial charge in [0.15, 0.2) is 0 Å². The molecule has 114 valence electrons. The maximum absolute atomic E-state index is 11.9. The fourth-order valence-corrected chi connectivity index (χ4v) is 1.71. The third kappa shape index (κ3) is 4.63. The highest BCUT2D eigenvalue weighted by Gasteiger charge is 2.04. The van der Waals surface area contributed by atoms with Crippen LogP contribution in [0.2, 0.25) is 0 Å². The first kappa shape index (κ1) is 15.6. The zero-order chi connectivity index (χ0) is 15.8. The molecule has 5 nitrogen and oxygen atoms in total. The van der Waals surface area contributed by atoms with E-state index in [0.717, 1.165) is 17.7 Å². The molecule has 0 aliphatic rings. The van der Waals surface area contributed by atoms with Crippen molar-refractivity contribution in [1.82, 2.24) is 5.43 Å². The van der Waals surface area contributed by atoms with Crippen molar-refractivity contribution in [2.45, 2.75) is 13.3 Å². The van der Waals surface area contributed by atoms with Gasteiger partial charge in [-0.15, -0.1) is 0 Å². The standard InChI is InChI=1S/C17H18N2O3/c1-2-11-22-16-9-5-14(6-10-16)17(21)19-18-12-13-3-7-15(20)8-4-13/h3-10,12,20H,2,11H2,1H3,(H,19,21)/b18-12+. The van der Waals surface area contributed by atoms with Crippen LogP contribution in [0.15, 0.2) is 53.6 Å². The lowest BCUT2D eigenvalue weighted by atomic mass is 10.2. The summed E-state index contributed by atoms with van der Waals surface area (Å²) in [6.45, 7) is 2.69. The van der Waals surface area contributed by atoms with Crippen LogP contribution in [0.4, 0.5) is 0 Å². The first-order chi connectivity index (χ1) is 10.7. The van der Waals surface area contributed by atoms with Gasteiger partial charge in [-0.2, -0.15) is 5.10 Å². The number of rotatable bonds is 6. The molecule has 0 aliphatic heterocycles. The molecule has 0 saturated heterocycles. The molecular formula is C17H18N2O3. The molecule has 2 aromatic rings. The fourth-order valence-electron chi connectivity index (χ4n) is 1.71. The lowest BCUT2D eigenvalue weighted by Gasteiger charge is -2.05. The summed E-state index contributed by atoms with van der Waals surface area (Å²) in [5.74, 6) is 0.634. The quantitative estimate of drug-likeness (QED) is 0.636. The lowest BCUT2D eigenvalue weighted by molar-refractivity contribution is 0.0955. The third-order valence-corrected chi connectivity index (χ3v) is 2.86. The Bertz CT molecular complexity index is 634. The number of hydrogen-bond acceptors (Lipinski definition) is 4. The average Bonchev–Trinajstić information content (AvgIpc) is 2.55. The molecule has 2 aromatic carbocycles. The number of carbonyl (C=O) groups is 1. The summed E-state index contributed by atoms with van der Waals surface area (Å²) in [4.78, 5) is 11.9. The van der Waals surface area contributed by atoms with Gasteiger partial charge in [0.2, 0.25) is 0 Å². The van der Waals surface area contributed by atoms with Crippen molar-refractivity contribution in [3.8, 4) is 11.5 Å². The summed E-state index contributed by atoms with van der Waals surface area (Å²) in [7, 11) is 0. The van der Waals surface area contributed by atoms with E-state index in [1.165, 1.54) is 6.21 Å². The van der Waals surface area contributed by atoms with Gasteiger partial charge in [0.05, 0.1) is 12.8 Å². The number of hydrazone groups is 1. The molecule has 2 rings (SSSR count). The van der Waals surface area contributed by atoms with Gasteiger partial charge in [0.25, 0.3) is 5.91 Å². The topological polar surface area (TPSA) is 70.9 Å². The highest BCUT2D eigenvalue weighted by molar-refractivity contribution is 5.95. The highest BCUT2D eigenvalue weighted by atomic mass is 16.5. The molecule has 1 amide bonds. The minimum Gasteiger partial charge on any atom is -0.508 e. The number of phenolic OH excluding ortho intramolecular Hbond substituents is 1. The second-order valence-corrected chi connectivity index (χ2v) is 4.66. The molecule has 0 radical (unpaired) electrons. The summed E-state index contributed by atoms with van der Waals surface area (Å²) in [6.07, 6.45) is 2.45. The Balaban J connectivity index is 1.90. The molecule has 2 N–H and O–H groups in total. The molecule has 0 atom stereocenters. The summed E-state index contributed by atoms with van der Waals surface area (Å²) >= 11 is 0. The van der Waals surface area contributed by atoms with Crippen molar-refractivity contribution >= 4 is 12.1 Å². The summed E-state index contributed by atoms with van der Waals surface area (Å²) < 4.78 is 5.46. The Labute approximate surface area is 129 Å². The van der Waals surface area contributed by atoms with Crippen molar-refractivity contribution in [3.63, 3.8) is 0 Å². The van der Waals surface area contributed by atoms with E-state index in [1.807, 2.05) is 6.92 Å². The van der Waals surface area contributed by atoms with Crippen LogP contribution in [-0.4, -0.2) is 23.8 Å². The second-order valence-electron chi connectivity index (χ2n) is 4.66. The molecule has 0 unspecified atom stereocenters. The molecule has 22 heavy (non-hydrogen) atoms. The maximum atomic E-state index is 11.9. The summed E-state index contributed by atoms with van der Waals surface area (Å²) in [6, 6.07) is 13.4. The number of nitrogens with one attached hydrogen (secondary N) is 1. The fraction of sp³-hybridized carbons (Fsp3) is 0.176. The van der Waals surface area contributed by atoms with E-state index in [4.69, 9.17) is 4.74 Å². The number of nitrogens with zero attached hydrogens (tertiary/aromatic N) is 1. The highest BCUT2D eigenvalue weighted by Crippen LogP contribution is 2.12. The number of carbonyl (C=O) groups excluding carboxylic acids is 1. The molecule has 0 aromatic heterocycles. The van der Waals surface area contributed by atoms with Crippen LogP contribution in [0.5, 0.6) is 11.5 Å². The minimum absolute atomic E-state index is 0.187. The van der Waals surface area contributed by atoms with Gasteiger partial charge < -0.3 is 9.84 Å². The van der Waals surface area contributed by atoms with Crippen LogP contribution in [0.25, 0.3) is 0 Å². The predicted octanol–water partition coefficient (Wildman–Crippen LogP) is 2.94. The van der Waals surface area contributed by atoms with Gasteiger partial charge in [-0.25, -0.2) is 5.43 Å². The van der Waals surface area contributed by atoms with Gasteiger partial charge >= 0.3 is 0 Å². The molecule has 0 heterocycles. The van der Waals surface area contributed by atoms with E-state index in [-0.39, 0.29) is 11.7 Å². The predicted molar refractivity (Wildman–Crippen MR) is 85.4 cm³/mol. The normalized spacial score (nSPS) is 10.6. The molecule has 5 heteroatoms. The van der Waals surface area contributed by atoms with E-state index >= 15 is 0 Å². The van der Waals surface area contributed by atoms with Gasteiger partial charge in [0, 0.05) is 5.56 Å². The Hall–Kier alpha value is -2.82. The number of aromatic hydroxyl groups is 1. The molecule has 0 saturated carbocycles. The zero-order valence-corrected chi connectivity index (χ0v) is 12.3. The number of hydrogen-bond donors (Lipinski definition) is 2. The van der Waals surface area contributed by atoms with Crippen LogP contribution in [0.3, 0.4) is 0 Å². The van der Waals surface area contributed by atoms with E-state index in [9.17, 15) is 9.90 Å². The van der Waals surface area contributed by atoms with Gasteiger partial charge in [-0.1, -0.05) is 6.92 Å². The van der Waals surface area contributed by atoms with Crippen molar-refractivity contribution in [2.75, 3.05) is 6.61 Å². The molecular weight excluding hydrogens is 280 g/mol. The Morgan fingerprint density at radius 1 is 1.18 bits per heavy atom. The van der Waals surface area contributed by atoms with E-state index in [1.54, 1.807) is 48.5 Å². The van der Waals surface area contributed by atoms with Crippen LogP contribution in [-0.2, 0) is 0 Å². The van der Waals surface area contributed by atoms with E-state index < -0.39 is 0 Å².